The first-order valence-electron chi connectivity index (χ1n) is 7.24. The molecule has 0 atom stereocenters. The molecule has 0 spiro atoms. The summed E-state index contributed by atoms with van der Waals surface area (Å²) >= 11 is 1.71. The Labute approximate surface area is 128 Å². The number of fused-ring (bicyclic) bond motifs is 1. The molecule has 21 heavy (non-hydrogen) atoms. The summed E-state index contributed by atoms with van der Waals surface area (Å²) in [5, 5.41) is 6.59. The number of benzene rings is 1. The Hall–Kier alpha value is -1.94. The molecule has 1 aliphatic rings. The molecule has 0 unspecified atom stereocenters. The lowest BCUT2D eigenvalue weighted by atomic mass is 10.1. The maximum absolute atomic E-state index is 4.83. The molecule has 0 aliphatic heterocycles. The van der Waals surface area contributed by atoms with Gasteiger partial charge in [-0.15, -0.1) is 11.3 Å². The van der Waals surface area contributed by atoms with Gasteiger partial charge in [0.05, 0.1) is 5.39 Å². The molecule has 2 aromatic heterocycles. The quantitative estimate of drug-likeness (QED) is 0.775. The lowest BCUT2D eigenvalue weighted by molar-refractivity contribution is 0.717. The molecule has 2 heterocycles. The summed E-state index contributed by atoms with van der Waals surface area (Å²) in [7, 11) is 1.94. The summed E-state index contributed by atoms with van der Waals surface area (Å²) in [6.07, 6.45) is 2.39. The van der Waals surface area contributed by atoms with Crippen LogP contribution in [0.2, 0.25) is 0 Å². The van der Waals surface area contributed by atoms with Crippen LogP contribution in [0.5, 0.6) is 0 Å². The second kappa shape index (κ2) is 4.53. The fraction of sp³-hybridized carbons (Fsp3) is 0.294. The van der Waals surface area contributed by atoms with Gasteiger partial charge in [0, 0.05) is 23.4 Å². The predicted molar refractivity (Wildman–Crippen MR) is 89.0 cm³/mol. The zero-order valence-electron chi connectivity index (χ0n) is 12.2. The summed E-state index contributed by atoms with van der Waals surface area (Å²) in [6, 6.07) is 10.4. The van der Waals surface area contributed by atoms with E-state index in [1.54, 1.807) is 11.3 Å². The predicted octanol–water partition coefficient (Wildman–Crippen LogP) is 4.45. The third kappa shape index (κ3) is 2.02. The van der Waals surface area contributed by atoms with E-state index in [-0.39, 0.29) is 5.41 Å². The van der Waals surface area contributed by atoms with Crippen LogP contribution < -0.4 is 5.32 Å². The summed E-state index contributed by atoms with van der Waals surface area (Å²) in [6.45, 7) is 2.25. The summed E-state index contributed by atoms with van der Waals surface area (Å²) in [5.41, 5.74) is 2.62. The highest BCUT2D eigenvalue weighted by atomic mass is 32.1. The Balaban J connectivity index is 1.95. The molecule has 3 nitrogen and oxygen atoms in total. The Morgan fingerprint density at radius 1 is 1.14 bits per heavy atom. The van der Waals surface area contributed by atoms with Crippen LogP contribution in [0.25, 0.3) is 21.3 Å². The second-order valence-electron chi connectivity index (χ2n) is 5.90. The highest BCUT2D eigenvalue weighted by Crippen LogP contribution is 2.47. The zero-order chi connectivity index (χ0) is 14.4. The van der Waals surface area contributed by atoms with Crippen molar-refractivity contribution in [3.63, 3.8) is 0 Å². The van der Waals surface area contributed by atoms with Crippen molar-refractivity contribution in [3.8, 4) is 11.1 Å². The van der Waals surface area contributed by atoms with Gasteiger partial charge < -0.3 is 5.32 Å². The Bertz CT molecular complexity index is 804. The third-order valence-electron chi connectivity index (χ3n) is 4.29. The van der Waals surface area contributed by atoms with E-state index in [1.807, 2.05) is 13.1 Å². The molecule has 1 fully saturated rings. The van der Waals surface area contributed by atoms with Crippen molar-refractivity contribution in [3.05, 3.63) is 41.5 Å². The number of hydrogen-bond donors (Lipinski definition) is 1. The van der Waals surface area contributed by atoms with Gasteiger partial charge in [-0.3, -0.25) is 0 Å². The van der Waals surface area contributed by atoms with Crippen molar-refractivity contribution in [2.24, 2.45) is 0 Å². The minimum absolute atomic E-state index is 0.191. The van der Waals surface area contributed by atoms with Gasteiger partial charge in [0.2, 0.25) is 0 Å². The van der Waals surface area contributed by atoms with E-state index in [9.17, 15) is 0 Å². The van der Waals surface area contributed by atoms with Gasteiger partial charge in [-0.25, -0.2) is 9.97 Å². The smallest absolute Gasteiger partial charge is 0.138 e. The number of anilines is 1. The molecule has 0 bridgehead atoms. The fourth-order valence-electron chi connectivity index (χ4n) is 2.63. The molecule has 1 aliphatic carbocycles. The Morgan fingerprint density at radius 2 is 1.90 bits per heavy atom. The van der Waals surface area contributed by atoms with Crippen LogP contribution in [0.4, 0.5) is 5.82 Å². The average molecular weight is 295 g/mol. The zero-order valence-corrected chi connectivity index (χ0v) is 13.0. The number of rotatable bonds is 3. The maximum atomic E-state index is 4.83. The lowest BCUT2D eigenvalue weighted by Gasteiger charge is -2.11. The van der Waals surface area contributed by atoms with E-state index in [1.165, 1.54) is 24.0 Å². The van der Waals surface area contributed by atoms with E-state index in [2.05, 4.69) is 41.9 Å². The highest BCUT2D eigenvalue weighted by Gasteiger charge is 2.42. The molecule has 0 saturated heterocycles. The van der Waals surface area contributed by atoms with E-state index >= 15 is 0 Å². The van der Waals surface area contributed by atoms with Crippen LogP contribution in [0.3, 0.4) is 0 Å². The molecule has 1 N–H and O–H groups in total. The third-order valence-corrected chi connectivity index (χ3v) is 5.17. The average Bonchev–Trinajstić information content (AvgIpc) is 3.13. The molecule has 3 aromatic rings. The van der Waals surface area contributed by atoms with Gasteiger partial charge in [0.15, 0.2) is 0 Å². The largest absolute Gasteiger partial charge is 0.372 e. The maximum Gasteiger partial charge on any atom is 0.138 e. The number of aromatic nitrogens is 2. The van der Waals surface area contributed by atoms with E-state index in [0.717, 1.165) is 21.9 Å². The second-order valence-corrected chi connectivity index (χ2v) is 6.76. The first kappa shape index (κ1) is 12.8. The normalized spacial score (nSPS) is 16.1. The molecule has 1 aromatic carbocycles. The van der Waals surface area contributed by atoms with Gasteiger partial charge in [-0.1, -0.05) is 37.3 Å². The van der Waals surface area contributed by atoms with E-state index < -0.39 is 0 Å². The number of hydrogen-bond acceptors (Lipinski definition) is 4. The topological polar surface area (TPSA) is 37.8 Å². The van der Waals surface area contributed by atoms with Gasteiger partial charge in [0.1, 0.15) is 16.5 Å². The minimum atomic E-state index is 0.191. The van der Waals surface area contributed by atoms with Crippen molar-refractivity contribution in [2.45, 2.75) is 25.2 Å². The molecule has 106 valence electrons. The van der Waals surface area contributed by atoms with Crippen LogP contribution in [-0.4, -0.2) is 17.0 Å². The van der Waals surface area contributed by atoms with Crippen LogP contribution in [-0.2, 0) is 5.41 Å². The highest BCUT2D eigenvalue weighted by molar-refractivity contribution is 7.17. The van der Waals surface area contributed by atoms with Crippen molar-refractivity contribution in [1.29, 1.82) is 0 Å². The van der Waals surface area contributed by atoms with Gasteiger partial charge in [0.25, 0.3) is 0 Å². The van der Waals surface area contributed by atoms with Crippen molar-refractivity contribution in [2.75, 3.05) is 12.4 Å². The summed E-state index contributed by atoms with van der Waals surface area (Å²) in [4.78, 5) is 10.7. The van der Waals surface area contributed by atoms with Crippen LogP contribution >= 0.6 is 11.3 Å². The Morgan fingerprint density at radius 3 is 2.57 bits per heavy atom. The summed E-state index contributed by atoms with van der Waals surface area (Å²) < 4.78 is 0. The number of nitrogens with zero attached hydrogens (tertiary/aromatic N) is 2. The molecule has 0 amide bonds. The molecular formula is C17H17N3S. The Kier molecular flexibility index (Phi) is 2.76. The van der Waals surface area contributed by atoms with Crippen molar-refractivity contribution in [1.82, 2.24) is 9.97 Å². The van der Waals surface area contributed by atoms with Gasteiger partial charge in [-0.2, -0.15) is 0 Å². The standard InChI is InChI=1S/C17H17N3S/c1-17(8-9-17)16-19-14(18-2)13-12(10-21-15(13)20-16)11-6-4-3-5-7-11/h3-7,10H,8-9H2,1-2H3,(H,18,19,20). The van der Waals surface area contributed by atoms with E-state index in [4.69, 9.17) is 9.97 Å². The fourth-order valence-corrected chi connectivity index (χ4v) is 3.58. The molecular weight excluding hydrogens is 278 g/mol. The van der Waals surface area contributed by atoms with Crippen LogP contribution in [0, 0.1) is 0 Å². The minimum Gasteiger partial charge on any atom is -0.372 e. The van der Waals surface area contributed by atoms with Crippen LogP contribution in [0.1, 0.15) is 25.6 Å². The molecule has 4 rings (SSSR count). The van der Waals surface area contributed by atoms with Crippen molar-refractivity contribution >= 4 is 27.4 Å². The SMILES string of the molecule is CNc1nc(C2(C)CC2)nc2scc(-c3ccccc3)c12. The number of nitrogens with one attached hydrogen (secondary N) is 1. The van der Waals surface area contributed by atoms with E-state index in [0.29, 0.717) is 0 Å². The first-order chi connectivity index (χ1) is 10.2. The lowest BCUT2D eigenvalue weighted by Crippen LogP contribution is -2.08. The first-order valence-corrected chi connectivity index (χ1v) is 8.12. The monoisotopic (exact) mass is 295 g/mol. The van der Waals surface area contributed by atoms with Crippen molar-refractivity contribution < 1.29 is 0 Å². The molecule has 0 radical (unpaired) electrons. The van der Waals surface area contributed by atoms with Gasteiger partial charge >= 0.3 is 0 Å². The van der Waals surface area contributed by atoms with Crippen LogP contribution in [0.15, 0.2) is 35.7 Å². The molecule has 4 heteroatoms. The van der Waals surface area contributed by atoms with Gasteiger partial charge in [-0.05, 0) is 18.4 Å². The molecule has 1 saturated carbocycles. The number of thiophene rings is 1. The summed E-state index contributed by atoms with van der Waals surface area (Å²) in [5.74, 6) is 1.93.